The van der Waals surface area contributed by atoms with Gasteiger partial charge >= 0.3 is 6.03 Å². The molecule has 0 aromatic heterocycles. The largest absolute Gasteiger partial charge is 0.458 e. The van der Waals surface area contributed by atoms with E-state index in [4.69, 9.17) is 21.1 Å². The quantitative estimate of drug-likeness (QED) is 0.523. The Kier molecular flexibility index (Phi) is 4.29. The average Bonchev–Trinajstić information content (AvgIpc) is 2.55. The van der Waals surface area contributed by atoms with Crippen molar-refractivity contribution in [3.8, 4) is 11.5 Å². The van der Waals surface area contributed by atoms with E-state index in [1.165, 1.54) is 24.8 Å². The summed E-state index contributed by atoms with van der Waals surface area (Å²) in [5, 5.41) is 2.63. The molecule has 2 heterocycles. The van der Waals surface area contributed by atoms with E-state index in [1.54, 1.807) is 18.2 Å². The summed E-state index contributed by atoms with van der Waals surface area (Å²) in [6, 6.07) is 4.13. The minimum Gasteiger partial charge on any atom is -0.458 e. The molecule has 2 aliphatic heterocycles. The Balaban J connectivity index is 1.77. The number of nitrogens with zero attached hydrogens (tertiary/aromatic N) is 2. The zero-order chi connectivity index (χ0) is 16.2. The van der Waals surface area contributed by atoms with Gasteiger partial charge in [-0.25, -0.2) is 9.69 Å². The van der Waals surface area contributed by atoms with Gasteiger partial charge in [0, 0.05) is 24.4 Å². The van der Waals surface area contributed by atoms with Crippen LogP contribution in [0, 0.1) is 0 Å². The molecule has 3 rings (SSSR count). The fourth-order valence-corrected chi connectivity index (χ4v) is 2.31. The first-order chi connectivity index (χ1) is 11.2. The number of imide groups is 1. The summed E-state index contributed by atoms with van der Waals surface area (Å²) in [4.78, 5) is 28.5. The van der Waals surface area contributed by atoms with Gasteiger partial charge in [-0.1, -0.05) is 11.6 Å². The maximum atomic E-state index is 12.3. The van der Waals surface area contributed by atoms with Crippen LogP contribution in [-0.2, 0) is 4.79 Å². The lowest BCUT2D eigenvalue weighted by atomic mass is 10.2. The van der Waals surface area contributed by atoms with Crippen molar-refractivity contribution in [1.29, 1.82) is 0 Å². The van der Waals surface area contributed by atoms with Crippen LogP contribution in [0.2, 0.25) is 0 Å². The van der Waals surface area contributed by atoms with Gasteiger partial charge in [0.05, 0.1) is 5.69 Å². The molecule has 0 fully saturated rings. The second-order valence-corrected chi connectivity index (χ2v) is 5.18. The standard InChI is InChI=1S/C15H12ClN3O4/c16-14-7-10(3-4-17-14)18-15(21)19(9-20)11-1-2-12-13(8-11)23-6-5-22-12/h1-6,8-9,14H,7H2,(H,18,21). The van der Waals surface area contributed by atoms with Crippen molar-refractivity contribution in [2.75, 3.05) is 4.90 Å². The molecule has 7 nitrogen and oxygen atoms in total. The number of hydrogen-bond acceptors (Lipinski definition) is 5. The first-order valence-electron chi connectivity index (χ1n) is 6.71. The van der Waals surface area contributed by atoms with E-state index < -0.39 is 11.5 Å². The van der Waals surface area contributed by atoms with E-state index >= 15 is 0 Å². The normalized spacial score (nSPS) is 18.1. The molecule has 1 aromatic carbocycles. The molecule has 2 aliphatic rings. The van der Waals surface area contributed by atoms with Crippen molar-refractivity contribution in [1.82, 2.24) is 5.32 Å². The number of carbonyl (C=O) groups excluding carboxylic acids is 2. The predicted octanol–water partition coefficient (Wildman–Crippen LogP) is 2.52. The van der Waals surface area contributed by atoms with Crippen LogP contribution in [0.5, 0.6) is 11.5 Å². The Morgan fingerprint density at radius 3 is 2.87 bits per heavy atom. The lowest BCUT2D eigenvalue weighted by Gasteiger charge is -2.21. The van der Waals surface area contributed by atoms with Gasteiger partial charge in [0.2, 0.25) is 6.41 Å². The molecule has 0 bridgehead atoms. The maximum Gasteiger partial charge on any atom is 0.332 e. The molecule has 1 aromatic rings. The molecule has 23 heavy (non-hydrogen) atoms. The van der Waals surface area contributed by atoms with Gasteiger partial charge in [-0.15, -0.1) is 0 Å². The van der Waals surface area contributed by atoms with Crippen molar-refractivity contribution >= 4 is 35.9 Å². The highest BCUT2D eigenvalue weighted by atomic mass is 35.5. The number of hydrogen-bond donors (Lipinski definition) is 1. The molecule has 0 saturated carbocycles. The molecule has 0 radical (unpaired) electrons. The van der Waals surface area contributed by atoms with Gasteiger partial charge in [-0.2, -0.15) is 0 Å². The highest BCUT2D eigenvalue weighted by Crippen LogP contribution is 2.34. The average molecular weight is 334 g/mol. The molecule has 118 valence electrons. The van der Waals surface area contributed by atoms with Crippen molar-refractivity contribution in [3.63, 3.8) is 0 Å². The van der Waals surface area contributed by atoms with Gasteiger partial charge in [0.15, 0.2) is 11.5 Å². The summed E-state index contributed by atoms with van der Waals surface area (Å²) in [5.74, 6) is 0.910. The smallest absolute Gasteiger partial charge is 0.332 e. The highest BCUT2D eigenvalue weighted by molar-refractivity contribution is 6.21. The van der Waals surface area contributed by atoms with E-state index in [9.17, 15) is 9.59 Å². The van der Waals surface area contributed by atoms with E-state index in [0.29, 0.717) is 35.7 Å². The fourth-order valence-electron chi connectivity index (χ4n) is 2.08. The number of benzene rings is 1. The summed E-state index contributed by atoms with van der Waals surface area (Å²) in [7, 11) is 0. The summed E-state index contributed by atoms with van der Waals surface area (Å²) >= 11 is 5.89. The van der Waals surface area contributed by atoms with E-state index in [0.717, 1.165) is 4.90 Å². The monoisotopic (exact) mass is 333 g/mol. The van der Waals surface area contributed by atoms with Gasteiger partial charge in [-0.05, 0) is 18.2 Å². The lowest BCUT2D eigenvalue weighted by Crippen LogP contribution is -2.39. The second kappa shape index (κ2) is 6.53. The van der Waals surface area contributed by atoms with Crippen LogP contribution in [-0.4, -0.2) is 24.2 Å². The fraction of sp³-hybridized carbons (Fsp3) is 0.133. The van der Waals surface area contributed by atoms with E-state index in [1.807, 2.05) is 0 Å². The third-order valence-electron chi connectivity index (χ3n) is 3.15. The maximum absolute atomic E-state index is 12.3. The molecule has 1 N–H and O–H groups in total. The van der Waals surface area contributed by atoms with Crippen molar-refractivity contribution in [3.05, 3.63) is 42.5 Å². The van der Waals surface area contributed by atoms with Crippen LogP contribution < -0.4 is 19.7 Å². The summed E-state index contributed by atoms with van der Waals surface area (Å²) in [6.07, 6.45) is 6.71. The number of nitrogens with one attached hydrogen (secondary N) is 1. The summed E-state index contributed by atoms with van der Waals surface area (Å²) in [5.41, 5.74) is 0.501. The van der Waals surface area contributed by atoms with Crippen LogP contribution in [0.4, 0.5) is 10.5 Å². The molecular formula is C15H12ClN3O4. The predicted molar refractivity (Wildman–Crippen MR) is 84.7 cm³/mol. The lowest BCUT2D eigenvalue weighted by molar-refractivity contribution is -0.106. The van der Waals surface area contributed by atoms with Gasteiger partial charge in [-0.3, -0.25) is 9.79 Å². The number of dihydropyridines is 1. The topological polar surface area (TPSA) is 80.2 Å². The van der Waals surface area contributed by atoms with Crippen molar-refractivity contribution in [2.45, 2.75) is 11.9 Å². The van der Waals surface area contributed by atoms with Crippen LogP contribution in [0.3, 0.4) is 0 Å². The van der Waals surface area contributed by atoms with Crippen LogP contribution in [0.1, 0.15) is 6.42 Å². The number of anilines is 1. The Bertz CT molecular complexity index is 729. The summed E-state index contributed by atoms with van der Waals surface area (Å²) < 4.78 is 10.5. The number of allylic oxidation sites excluding steroid dienone is 1. The number of fused-ring (bicyclic) bond motifs is 1. The number of urea groups is 1. The van der Waals surface area contributed by atoms with Gasteiger partial charge in [0.25, 0.3) is 0 Å². The van der Waals surface area contributed by atoms with Crippen LogP contribution in [0.15, 0.2) is 47.5 Å². The molecule has 0 aliphatic carbocycles. The van der Waals surface area contributed by atoms with E-state index in [2.05, 4.69) is 10.3 Å². The number of rotatable bonds is 3. The third kappa shape index (κ3) is 3.35. The minimum absolute atomic E-state index is 0.350. The zero-order valence-electron chi connectivity index (χ0n) is 11.8. The minimum atomic E-state index is -0.599. The third-order valence-corrected chi connectivity index (χ3v) is 3.42. The SMILES string of the molecule is O=CN(C(=O)NC1=CC=NC(Cl)C1)c1ccc2c(c1)OC=CO2. The molecule has 0 spiro atoms. The first-order valence-corrected chi connectivity index (χ1v) is 7.15. The number of aliphatic imine (C=N–C) groups is 1. The Morgan fingerprint density at radius 2 is 2.13 bits per heavy atom. The molecule has 1 unspecified atom stereocenters. The highest BCUT2D eigenvalue weighted by Gasteiger charge is 2.20. The molecular weight excluding hydrogens is 322 g/mol. The van der Waals surface area contributed by atoms with Gasteiger partial charge in [0.1, 0.15) is 18.0 Å². The summed E-state index contributed by atoms with van der Waals surface area (Å²) in [6.45, 7) is 0. The second-order valence-electron chi connectivity index (χ2n) is 4.67. The van der Waals surface area contributed by atoms with Crippen molar-refractivity contribution < 1.29 is 19.1 Å². The number of halogens is 1. The van der Waals surface area contributed by atoms with Crippen LogP contribution in [0.25, 0.3) is 0 Å². The number of amides is 3. The zero-order valence-corrected chi connectivity index (χ0v) is 12.6. The first kappa shape index (κ1) is 15.1. The molecule has 8 heteroatoms. The van der Waals surface area contributed by atoms with Crippen LogP contribution >= 0.6 is 11.6 Å². The molecule has 0 saturated heterocycles. The number of carbonyl (C=O) groups is 2. The van der Waals surface area contributed by atoms with E-state index in [-0.39, 0.29) is 0 Å². The Morgan fingerprint density at radius 1 is 1.35 bits per heavy atom. The van der Waals surface area contributed by atoms with Gasteiger partial charge < -0.3 is 14.8 Å². The Labute approximate surface area is 136 Å². The molecule has 1 atom stereocenters. The van der Waals surface area contributed by atoms with Crippen molar-refractivity contribution in [2.24, 2.45) is 4.99 Å². The Hall–Kier alpha value is -2.80. The number of ether oxygens (including phenoxy) is 2. The number of alkyl halides is 1. The molecule has 3 amide bonds.